The third-order valence-electron chi connectivity index (χ3n) is 7.05. The highest BCUT2D eigenvalue weighted by molar-refractivity contribution is 7.85. The van der Waals surface area contributed by atoms with Crippen LogP contribution in [0.25, 0.3) is 38.2 Å². The number of allylic oxidation sites excluding steroid dienone is 2. The summed E-state index contributed by atoms with van der Waals surface area (Å²) in [6.45, 7) is 1.90. The monoisotopic (exact) mass is 635 g/mol. The average molecular weight is 636 g/mol. The average Bonchev–Trinajstić information content (AvgIpc) is 3.45. The second-order valence-corrected chi connectivity index (χ2v) is 14.0. The van der Waals surface area contributed by atoms with Crippen LogP contribution in [-0.2, 0) is 26.1 Å². The van der Waals surface area contributed by atoms with Gasteiger partial charge in [0.05, 0.1) is 5.69 Å². The number of fused-ring (bicyclic) bond motifs is 3. The minimum Gasteiger partial charge on any atom is -0.439 e. The van der Waals surface area contributed by atoms with Gasteiger partial charge in [0.15, 0.2) is 11.6 Å². The third kappa shape index (κ3) is 6.33. The number of hydrogen-bond donors (Lipinski definition) is 2. The highest BCUT2D eigenvalue weighted by Gasteiger charge is 2.31. The molecule has 0 spiro atoms. The first-order valence-electron chi connectivity index (χ1n) is 13.3. The van der Waals surface area contributed by atoms with Crippen molar-refractivity contribution in [3.63, 3.8) is 0 Å². The van der Waals surface area contributed by atoms with Crippen LogP contribution in [0.5, 0.6) is 5.75 Å². The fourth-order valence-corrected chi connectivity index (χ4v) is 7.47. The lowest BCUT2D eigenvalue weighted by Gasteiger charge is -2.17. The van der Waals surface area contributed by atoms with Crippen molar-refractivity contribution in [2.24, 2.45) is 0 Å². The molecule has 12 heteroatoms. The molecule has 0 saturated heterocycles. The van der Waals surface area contributed by atoms with E-state index in [1.54, 1.807) is 16.7 Å². The van der Waals surface area contributed by atoms with Crippen molar-refractivity contribution in [3.8, 4) is 16.9 Å². The second kappa shape index (κ2) is 11.2. The van der Waals surface area contributed by atoms with E-state index in [4.69, 9.17) is 4.74 Å². The zero-order valence-corrected chi connectivity index (χ0v) is 25.4. The van der Waals surface area contributed by atoms with Gasteiger partial charge in [-0.1, -0.05) is 78.9 Å². The van der Waals surface area contributed by atoms with Crippen molar-refractivity contribution in [2.75, 3.05) is 10.8 Å². The fraction of sp³-hybridized carbons (Fsp3) is 0.129. The predicted molar refractivity (Wildman–Crippen MR) is 169 cm³/mol. The van der Waals surface area contributed by atoms with Crippen molar-refractivity contribution in [1.29, 1.82) is 0 Å². The molecule has 220 valence electrons. The Kier molecular flexibility index (Phi) is 7.57. The molecule has 1 aromatic heterocycles. The molecule has 0 radical (unpaired) electrons. The summed E-state index contributed by atoms with van der Waals surface area (Å²) in [7, 11) is -8.81. The van der Waals surface area contributed by atoms with Crippen LogP contribution in [-0.4, -0.2) is 31.8 Å². The number of anilines is 1. The van der Waals surface area contributed by atoms with Gasteiger partial charge in [0, 0.05) is 18.2 Å². The van der Waals surface area contributed by atoms with Gasteiger partial charge in [0.2, 0.25) is 11.4 Å². The minimum absolute atomic E-state index is 0.199. The predicted octanol–water partition coefficient (Wildman–Crippen LogP) is 6.23. The van der Waals surface area contributed by atoms with Crippen LogP contribution in [0, 0.1) is 0 Å². The van der Waals surface area contributed by atoms with Gasteiger partial charge in [0.25, 0.3) is 21.0 Å². The Morgan fingerprint density at radius 3 is 2.26 bits per heavy atom. The largest absolute Gasteiger partial charge is 0.439 e. The van der Waals surface area contributed by atoms with Gasteiger partial charge in [-0.3, -0.25) is 14.0 Å². The highest BCUT2D eigenvalue weighted by Crippen LogP contribution is 2.42. The van der Waals surface area contributed by atoms with Crippen LogP contribution in [0.15, 0.2) is 102 Å². The Bertz CT molecular complexity index is 2150. The molecule has 2 N–H and O–H groups in total. The summed E-state index contributed by atoms with van der Waals surface area (Å²) in [6.07, 6.45) is 3.95. The molecule has 6 rings (SSSR count). The van der Waals surface area contributed by atoms with E-state index in [2.05, 4.69) is 0 Å². The van der Waals surface area contributed by atoms with Gasteiger partial charge in [-0.2, -0.15) is 21.4 Å². The molecule has 0 unspecified atom stereocenters. The van der Waals surface area contributed by atoms with E-state index in [1.807, 2.05) is 91.9 Å². The van der Waals surface area contributed by atoms with Gasteiger partial charge < -0.3 is 4.74 Å². The van der Waals surface area contributed by atoms with Gasteiger partial charge in [-0.15, -0.1) is 0 Å². The number of benzene rings is 4. The summed E-state index contributed by atoms with van der Waals surface area (Å²) in [5.41, 5.74) is 3.70. The summed E-state index contributed by atoms with van der Waals surface area (Å²) in [5.74, 6) is -0.714. The fourth-order valence-electron chi connectivity index (χ4n) is 5.07. The zero-order valence-electron chi connectivity index (χ0n) is 22.9. The van der Waals surface area contributed by atoms with Crippen molar-refractivity contribution in [3.05, 3.63) is 107 Å². The lowest BCUT2D eigenvalue weighted by atomic mass is 10.1. The topological polar surface area (TPSA) is 125 Å². The van der Waals surface area contributed by atoms with Crippen molar-refractivity contribution in [1.82, 2.24) is 0 Å². The van der Waals surface area contributed by atoms with Crippen LogP contribution in [0.1, 0.15) is 18.4 Å². The summed E-state index contributed by atoms with van der Waals surface area (Å²) in [4.78, 5) is 1.39. The molecular weight excluding hydrogens is 609 g/mol. The Hall–Kier alpha value is -4.07. The summed E-state index contributed by atoms with van der Waals surface area (Å²) in [6, 6.07) is 26.7. The van der Waals surface area contributed by atoms with Crippen LogP contribution < -0.4 is 14.2 Å². The maximum absolute atomic E-state index is 12.1. The molecule has 0 atom stereocenters. The van der Waals surface area contributed by atoms with E-state index in [-0.39, 0.29) is 5.88 Å². The lowest BCUT2D eigenvalue weighted by molar-refractivity contribution is -0.649. The number of rotatable bonds is 8. The molecule has 0 bridgehead atoms. The molecule has 1 aliphatic rings. The van der Waals surface area contributed by atoms with E-state index in [0.717, 1.165) is 26.6 Å². The first kappa shape index (κ1) is 29.0. The van der Waals surface area contributed by atoms with Gasteiger partial charge in [-0.05, 0) is 52.1 Å². The number of aromatic nitrogens is 1. The summed E-state index contributed by atoms with van der Waals surface area (Å²) >= 11 is 1.36. The van der Waals surface area contributed by atoms with Gasteiger partial charge >= 0.3 is 10.1 Å². The second-order valence-electron chi connectivity index (χ2n) is 10.1. The lowest BCUT2D eigenvalue weighted by Crippen LogP contribution is -2.39. The molecule has 0 aliphatic carbocycles. The van der Waals surface area contributed by atoms with Crippen molar-refractivity contribution >= 4 is 64.3 Å². The maximum Gasteiger partial charge on any atom is 0.326 e. The first-order chi connectivity index (χ1) is 20.5. The van der Waals surface area contributed by atoms with E-state index < -0.39 is 32.0 Å². The van der Waals surface area contributed by atoms with Crippen LogP contribution in [0.3, 0.4) is 0 Å². The summed E-state index contributed by atoms with van der Waals surface area (Å²) in [5, 5.41) is 2.35. The number of nitrogens with zero attached hydrogens (tertiary/aromatic N) is 2. The van der Waals surface area contributed by atoms with Gasteiger partial charge in [-0.25, -0.2) is 0 Å². The van der Waals surface area contributed by atoms with E-state index in [9.17, 15) is 25.9 Å². The SMILES string of the molecule is CCC(=Cc1sc2ccc(-c3ccccc3)cc2[n+]1CS(=O)(=O)O)C=C1Oc2cc3ccccc3cc2N1CS(=O)(=O)O. The molecule has 0 saturated carbocycles. The smallest absolute Gasteiger partial charge is 0.326 e. The Labute approximate surface area is 253 Å². The van der Waals surface area contributed by atoms with Crippen LogP contribution in [0.2, 0.25) is 0 Å². The molecular formula is C31H27N2O7S3+. The normalized spacial score (nSPS) is 14.9. The maximum atomic E-state index is 12.1. The highest BCUT2D eigenvalue weighted by atomic mass is 32.2. The molecule has 5 aromatic rings. The molecule has 0 amide bonds. The molecule has 9 nitrogen and oxygen atoms in total. The number of thiazole rings is 1. The zero-order chi connectivity index (χ0) is 30.4. The quantitative estimate of drug-likeness (QED) is 0.152. The van der Waals surface area contributed by atoms with E-state index in [0.29, 0.717) is 34.0 Å². The standard InChI is InChI=1S/C31H26N2O7S3/c1-2-21(14-30-32(19-42(34,35)36)26-16-23-10-6-7-11-24(23)18-28(26)40-30)15-31-33(20-43(37,38)39)27-17-25(12-13-29(27)41-31)22-8-4-3-5-9-22/h3-18H,2,19-20H2,1H3,(H-,34,35,36,37,38,39)/p+1. The Morgan fingerprint density at radius 2 is 1.58 bits per heavy atom. The van der Waals surface area contributed by atoms with E-state index >= 15 is 0 Å². The van der Waals surface area contributed by atoms with Crippen molar-refractivity contribution in [2.45, 2.75) is 19.2 Å². The van der Waals surface area contributed by atoms with E-state index in [1.165, 1.54) is 16.2 Å². The number of hydrogen-bond acceptors (Lipinski definition) is 7. The molecule has 2 heterocycles. The summed E-state index contributed by atoms with van der Waals surface area (Å²) < 4.78 is 76.2. The molecule has 0 fully saturated rings. The third-order valence-corrected chi connectivity index (χ3v) is 9.33. The van der Waals surface area contributed by atoms with Gasteiger partial charge in [0.1, 0.15) is 4.70 Å². The molecule has 43 heavy (non-hydrogen) atoms. The van der Waals surface area contributed by atoms with Crippen LogP contribution >= 0.6 is 11.3 Å². The molecule has 4 aromatic carbocycles. The molecule has 1 aliphatic heterocycles. The number of ether oxygens (including phenoxy) is 1. The van der Waals surface area contributed by atoms with Crippen molar-refractivity contribution < 1.29 is 35.2 Å². The Balaban J connectivity index is 1.46. The minimum atomic E-state index is -4.42. The Morgan fingerprint density at radius 1 is 0.884 bits per heavy atom. The van der Waals surface area contributed by atoms with Crippen LogP contribution in [0.4, 0.5) is 5.69 Å². The first-order valence-corrected chi connectivity index (χ1v) is 17.3.